The largest absolute Gasteiger partial charge is 0.504 e. The Morgan fingerprint density at radius 3 is 2.68 bits per heavy atom. The maximum absolute atomic E-state index is 12.5. The van der Waals surface area contributed by atoms with Crippen molar-refractivity contribution in [3.63, 3.8) is 0 Å². The molecular weight excluding hydrogens is 344 g/mol. The Hall–Kier alpha value is -1.95. The molecule has 1 aromatic heterocycles. The highest BCUT2D eigenvalue weighted by Gasteiger charge is 2.38. The van der Waals surface area contributed by atoms with Gasteiger partial charge in [-0.2, -0.15) is 0 Å². The number of hydrogen-bond acceptors (Lipinski definition) is 5. The third-order valence-corrected chi connectivity index (χ3v) is 4.05. The minimum Gasteiger partial charge on any atom is -0.504 e. The first kappa shape index (κ1) is 19.4. The van der Waals surface area contributed by atoms with Crippen LogP contribution in [0.1, 0.15) is 52.0 Å². The molecule has 1 aliphatic rings. The molecule has 0 saturated heterocycles. The van der Waals surface area contributed by atoms with Crippen LogP contribution in [0.5, 0.6) is 5.75 Å². The average Bonchev–Trinajstić information content (AvgIpc) is 3.08. The summed E-state index contributed by atoms with van der Waals surface area (Å²) in [5.41, 5.74) is 1.66. The lowest BCUT2D eigenvalue weighted by Gasteiger charge is -2.25. The van der Waals surface area contributed by atoms with Gasteiger partial charge in [-0.15, -0.1) is 11.6 Å². The lowest BCUT2D eigenvalue weighted by atomic mass is 10.0. The van der Waals surface area contributed by atoms with Gasteiger partial charge in [-0.1, -0.05) is 13.8 Å². The van der Waals surface area contributed by atoms with Gasteiger partial charge >= 0.3 is 6.09 Å². The fourth-order valence-corrected chi connectivity index (χ4v) is 3.08. The van der Waals surface area contributed by atoms with Crippen LogP contribution >= 0.6 is 11.6 Å². The zero-order chi connectivity index (χ0) is 18.9. The Kier molecular flexibility index (Phi) is 5.52. The number of carbonyl (C=O) groups excluding carboxylic acids is 1. The standard InChI is InChI=1S/C16H19ClN2O4.C2H6/c1-8-18-13-12-9(6-17)7-19(15(21)23-16(2,3)4)10(12)5-11(20)14(13)22-8;1-2/h5,9,20H,6-7H2,1-4H3;1-2H3. The molecule has 0 aliphatic carbocycles. The number of aromatic hydroxyl groups is 1. The van der Waals surface area contributed by atoms with Gasteiger partial charge in [0.05, 0.1) is 5.69 Å². The molecule has 7 heteroatoms. The highest BCUT2D eigenvalue weighted by atomic mass is 35.5. The van der Waals surface area contributed by atoms with Gasteiger partial charge < -0.3 is 14.3 Å². The predicted octanol–water partition coefficient (Wildman–Crippen LogP) is 4.95. The van der Waals surface area contributed by atoms with Crippen LogP contribution in [0.25, 0.3) is 11.1 Å². The van der Waals surface area contributed by atoms with Crippen molar-refractivity contribution in [2.45, 2.75) is 53.1 Å². The first-order valence-electron chi connectivity index (χ1n) is 8.40. The Bertz CT molecular complexity index is 779. The van der Waals surface area contributed by atoms with Crippen LogP contribution in [0, 0.1) is 6.92 Å². The van der Waals surface area contributed by atoms with Gasteiger partial charge in [-0.25, -0.2) is 9.78 Å². The summed E-state index contributed by atoms with van der Waals surface area (Å²) in [5, 5.41) is 10.2. The van der Waals surface area contributed by atoms with Gasteiger partial charge in [-0.05, 0) is 20.8 Å². The number of hydrogen-bond donors (Lipinski definition) is 1. The fraction of sp³-hybridized carbons (Fsp3) is 0.556. The molecule has 1 aromatic carbocycles. The quantitative estimate of drug-likeness (QED) is 0.721. The van der Waals surface area contributed by atoms with Crippen LogP contribution in [0.4, 0.5) is 10.5 Å². The molecule has 1 unspecified atom stereocenters. The third kappa shape index (κ3) is 3.68. The van der Waals surface area contributed by atoms with Gasteiger partial charge in [-0.3, -0.25) is 4.90 Å². The van der Waals surface area contributed by atoms with E-state index in [2.05, 4.69) is 4.98 Å². The number of carbonyl (C=O) groups is 1. The van der Waals surface area contributed by atoms with Crippen molar-refractivity contribution < 1.29 is 19.1 Å². The summed E-state index contributed by atoms with van der Waals surface area (Å²) in [5.74, 6) is 0.639. The average molecular weight is 369 g/mol. The Balaban J connectivity index is 0.00000109. The van der Waals surface area contributed by atoms with Crippen molar-refractivity contribution in [1.29, 1.82) is 0 Å². The number of alkyl halides is 1. The van der Waals surface area contributed by atoms with Crippen molar-refractivity contribution in [2.75, 3.05) is 17.3 Å². The zero-order valence-corrected chi connectivity index (χ0v) is 16.3. The van der Waals surface area contributed by atoms with Crippen LogP contribution in [0.3, 0.4) is 0 Å². The van der Waals surface area contributed by atoms with E-state index in [0.717, 1.165) is 5.56 Å². The fourth-order valence-electron chi connectivity index (χ4n) is 2.83. The second-order valence-corrected chi connectivity index (χ2v) is 6.99. The van der Waals surface area contributed by atoms with Crippen LogP contribution in [-0.2, 0) is 4.74 Å². The molecule has 1 N–H and O–H groups in total. The molecular formula is C18H25ClN2O4. The van der Waals surface area contributed by atoms with Crippen molar-refractivity contribution >= 4 is 34.5 Å². The van der Waals surface area contributed by atoms with E-state index in [1.165, 1.54) is 11.0 Å². The highest BCUT2D eigenvalue weighted by molar-refractivity contribution is 6.19. The molecule has 138 valence electrons. The molecule has 0 fully saturated rings. The maximum Gasteiger partial charge on any atom is 0.414 e. The number of aromatic nitrogens is 1. The minimum atomic E-state index is -0.604. The first-order valence-corrected chi connectivity index (χ1v) is 8.94. The number of fused-ring (bicyclic) bond motifs is 3. The monoisotopic (exact) mass is 368 g/mol. The second-order valence-electron chi connectivity index (χ2n) is 6.68. The topological polar surface area (TPSA) is 75.8 Å². The molecule has 0 saturated carbocycles. The Morgan fingerprint density at radius 2 is 2.12 bits per heavy atom. The molecule has 0 spiro atoms. The summed E-state index contributed by atoms with van der Waals surface area (Å²) in [4.78, 5) is 18.3. The molecule has 1 aliphatic heterocycles. The second kappa shape index (κ2) is 7.12. The molecule has 25 heavy (non-hydrogen) atoms. The minimum absolute atomic E-state index is 0.0527. The Morgan fingerprint density at radius 1 is 1.48 bits per heavy atom. The summed E-state index contributed by atoms with van der Waals surface area (Å²) < 4.78 is 10.9. The number of oxazole rings is 1. The number of benzene rings is 1. The summed E-state index contributed by atoms with van der Waals surface area (Å²) in [7, 11) is 0. The van der Waals surface area contributed by atoms with Gasteiger partial charge in [0, 0.05) is 36.9 Å². The number of halogens is 1. The van der Waals surface area contributed by atoms with E-state index in [9.17, 15) is 9.90 Å². The first-order chi connectivity index (χ1) is 11.7. The van der Waals surface area contributed by atoms with Gasteiger partial charge in [0.2, 0.25) is 0 Å². The molecule has 1 amide bonds. The van der Waals surface area contributed by atoms with Crippen molar-refractivity contribution in [2.24, 2.45) is 0 Å². The smallest absolute Gasteiger partial charge is 0.414 e. The van der Waals surface area contributed by atoms with E-state index in [1.54, 1.807) is 6.92 Å². The maximum atomic E-state index is 12.5. The van der Waals surface area contributed by atoms with Gasteiger partial charge in [0.1, 0.15) is 11.1 Å². The van der Waals surface area contributed by atoms with E-state index >= 15 is 0 Å². The third-order valence-electron chi connectivity index (χ3n) is 3.67. The van der Waals surface area contributed by atoms with E-state index < -0.39 is 11.7 Å². The number of anilines is 1. The summed E-state index contributed by atoms with van der Waals surface area (Å²) in [6.07, 6.45) is -0.467. The normalized spacial score (nSPS) is 16.4. The van der Waals surface area contributed by atoms with Crippen LogP contribution < -0.4 is 4.90 Å². The number of phenols is 1. The molecule has 1 atom stereocenters. The molecule has 0 radical (unpaired) electrons. The lowest BCUT2D eigenvalue weighted by Crippen LogP contribution is -2.36. The van der Waals surface area contributed by atoms with E-state index in [4.69, 9.17) is 20.8 Å². The molecule has 0 bridgehead atoms. The lowest BCUT2D eigenvalue weighted by molar-refractivity contribution is 0.0582. The summed E-state index contributed by atoms with van der Waals surface area (Å²) >= 11 is 6.09. The summed E-state index contributed by atoms with van der Waals surface area (Å²) in [6, 6.07) is 1.51. The molecule has 3 rings (SSSR count). The molecule has 6 nitrogen and oxygen atoms in total. The van der Waals surface area contributed by atoms with Crippen LogP contribution in [0.2, 0.25) is 0 Å². The molecule has 2 aromatic rings. The van der Waals surface area contributed by atoms with Gasteiger partial charge in [0.15, 0.2) is 17.2 Å². The van der Waals surface area contributed by atoms with E-state index in [-0.39, 0.29) is 11.7 Å². The van der Waals surface area contributed by atoms with Crippen molar-refractivity contribution in [3.8, 4) is 5.75 Å². The number of nitrogens with zero attached hydrogens (tertiary/aromatic N) is 2. The van der Waals surface area contributed by atoms with Gasteiger partial charge in [0.25, 0.3) is 0 Å². The Labute approximate surface area is 152 Å². The van der Waals surface area contributed by atoms with Crippen LogP contribution in [0.15, 0.2) is 10.5 Å². The van der Waals surface area contributed by atoms with Crippen molar-refractivity contribution in [1.82, 2.24) is 4.98 Å². The number of amides is 1. The zero-order valence-electron chi connectivity index (χ0n) is 15.5. The van der Waals surface area contributed by atoms with E-state index in [1.807, 2.05) is 34.6 Å². The highest BCUT2D eigenvalue weighted by Crippen LogP contribution is 2.45. The number of ether oxygens (including phenoxy) is 1. The number of rotatable bonds is 1. The summed E-state index contributed by atoms with van der Waals surface area (Å²) in [6.45, 7) is 11.5. The van der Waals surface area contributed by atoms with E-state index in [0.29, 0.717) is 35.1 Å². The van der Waals surface area contributed by atoms with Crippen LogP contribution in [-0.4, -0.2) is 34.2 Å². The predicted molar refractivity (Wildman–Crippen MR) is 98.8 cm³/mol. The number of phenolic OH excluding ortho intramolecular Hbond substituents is 1. The van der Waals surface area contributed by atoms with Crippen molar-refractivity contribution in [3.05, 3.63) is 17.5 Å². The SMILES string of the molecule is CC.Cc1nc2c3c(cc(O)c2o1)N(C(=O)OC(C)(C)C)CC3CCl. The molecule has 2 heterocycles. The number of aryl methyl sites for hydroxylation is 1.